The van der Waals surface area contributed by atoms with Crippen LogP contribution in [0.15, 0.2) is 0 Å². The molecule has 0 aromatic rings. The third-order valence-electron chi connectivity index (χ3n) is 11.3. The van der Waals surface area contributed by atoms with Gasteiger partial charge in [0.05, 0.1) is 12.6 Å². The highest BCUT2D eigenvalue weighted by Crippen LogP contribution is 2.20. The zero-order chi connectivity index (χ0) is 40.5. The second-order valence-corrected chi connectivity index (χ2v) is 16.8. The van der Waals surface area contributed by atoms with E-state index in [2.05, 4.69) is 19.2 Å². The monoisotopic (exact) mass is 780 g/mol. The molecule has 0 rings (SSSR count). The van der Waals surface area contributed by atoms with E-state index in [1.807, 2.05) is 0 Å². The fourth-order valence-corrected chi connectivity index (χ4v) is 7.88. The highest BCUT2D eigenvalue weighted by molar-refractivity contribution is 5.76. The van der Waals surface area contributed by atoms with Gasteiger partial charge in [0.1, 0.15) is 6.10 Å². The number of nitrogens with one attached hydrogen (secondary N) is 1. The van der Waals surface area contributed by atoms with Crippen LogP contribution in [0.1, 0.15) is 265 Å². The van der Waals surface area contributed by atoms with Crippen molar-refractivity contribution < 1.29 is 29.0 Å². The molecule has 0 saturated carbocycles. The Bertz CT molecular complexity index is 850. The number of esters is 2. The van der Waals surface area contributed by atoms with Crippen LogP contribution in [0.3, 0.4) is 0 Å². The minimum atomic E-state index is -0.933. The summed E-state index contributed by atoms with van der Waals surface area (Å²) < 4.78 is 11.2. The maximum absolute atomic E-state index is 12.9. The molecule has 0 heterocycles. The molecule has 0 aromatic carbocycles. The normalized spacial score (nSPS) is 13.0. The fraction of sp³-hybridized carbons (Fsp3) is 0.938. The van der Waals surface area contributed by atoms with Gasteiger partial charge >= 0.3 is 11.9 Å². The van der Waals surface area contributed by atoms with Gasteiger partial charge in [-0.05, 0) is 19.3 Å². The number of hydrogen-bond acceptors (Lipinski definition) is 6. The van der Waals surface area contributed by atoms with Crippen LogP contribution >= 0.6 is 0 Å². The smallest absolute Gasteiger partial charge is 0.303 e. The molecule has 2 N–H and O–H groups in total. The lowest BCUT2D eigenvalue weighted by atomic mass is 9.98. The van der Waals surface area contributed by atoms with Crippen LogP contribution in [0.4, 0.5) is 0 Å². The first-order valence-corrected chi connectivity index (χ1v) is 24.1. The third kappa shape index (κ3) is 37.7. The molecule has 7 heteroatoms. The van der Waals surface area contributed by atoms with Gasteiger partial charge in [-0.3, -0.25) is 14.4 Å². The van der Waals surface area contributed by atoms with E-state index in [1.165, 1.54) is 200 Å². The van der Waals surface area contributed by atoms with E-state index in [-0.39, 0.29) is 5.91 Å². The molecular weight excluding hydrogens is 687 g/mol. The van der Waals surface area contributed by atoms with Gasteiger partial charge in [0, 0.05) is 20.3 Å². The molecule has 0 aliphatic rings. The maximum atomic E-state index is 12.9. The maximum Gasteiger partial charge on any atom is 0.303 e. The van der Waals surface area contributed by atoms with E-state index < -0.39 is 36.8 Å². The van der Waals surface area contributed by atoms with Crippen molar-refractivity contribution in [3.63, 3.8) is 0 Å². The Hall–Kier alpha value is -1.63. The number of aliphatic hydroxyl groups excluding tert-OH is 1. The minimum Gasteiger partial charge on any atom is -0.459 e. The van der Waals surface area contributed by atoms with Gasteiger partial charge in [-0.2, -0.15) is 0 Å². The van der Waals surface area contributed by atoms with Gasteiger partial charge < -0.3 is 19.9 Å². The van der Waals surface area contributed by atoms with Crippen LogP contribution in [-0.2, 0) is 23.9 Å². The van der Waals surface area contributed by atoms with Crippen molar-refractivity contribution in [2.75, 3.05) is 6.61 Å². The van der Waals surface area contributed by atoms with Gasteiger partial charge in [-0.25, -0.2) is 0 Å². The highest BCUT2D eigenvalue weighted by atomic mass is 16.6. The molecule has 0 aliphatic heterocycles. The molecule has 0 saturated heterocycles. The summed E-state index contributed by atoms with van der Waals surface area (Å²) in [7, 11) is 0. The summed E-state index contributed by atoms with van der Waals surface area (Å²) in [4.78, 5) is 36.9. The van der Waals surface area contributed by atoms with Crippen LogP contribution in [0.5, 0.6) is 0 Å². The second kappa shape index (κ2) is 42.0. The number of amides is 1. The van der Waals surface area contributed by atoms with Crippen molar-refractivity contribution in [3.05, 3.63) is 0 Å². The average molecular weight is 780 g/mol. The van der Waals surface area contributed by atoms with Crippen LogP contribution in [0.2, 0.25) is 0 Å². The molecule has 0 unspecified atom stereocenters. The Morgan fingerprint density at radius 3 is 1.02 bits per heavy atom. The SMILES string of the molecule is CCCCCCCCCCCCCCCCCCCCCCCCCC(=O)N[C@H](CO)[C@H](OC(C)=O)[C@H](CCCCCCCCCCCCCC)OC(C)=O. The standard InChI is InChI=1S/C48H93NO6/c1-5-7-9-11-13-15-17-19-20-21-22-23-24-25-26-27-28-29-31-33-35-37-39-41-47(53)49-45(42-50)48(55-44(4)52)46(54-43(3)51)40-38-36-34-32-30-18-16-14-12-10-8-6-2/h45-46,48,50H,5-42H2,1-4H3,(H,49,53)/t45-,46+,48+/m1/s1. The summed E-state index contributed by atoms with van der Waals surface area (Å²) in [6, 6.07) is -0.831. The molecule has 0 bridgehead atoms. The van der Waals surface area contributed by atoms with Crippen molar-refractivity contribution in [1.82, 2.24) is 5.32 Å². The molecule has 326 valence electrons. The summed E-state index contributed by atoms with van der Waals surface area (Å²) >= 11 is 0. The quantitative estimate of drug-likeness (QED) is 0.0472. The molecular formula is C48H93NO6. The molecule has 0 aliphatic carbocycles. The van der Waals surface area contributed by atoms with Crippen molar-refractivity contribution in [3.8, 4) is 0 Å². The fourth-order valence-electron chi connectivity index (χ4n) is 7.88. The second-order valence-electron chi connectivity index (χ2n) is 16.8. The number of unbranched alkanes of at least 4 members (excludes halogenated alkanes) is 33. The van der Waals surface area contributed by atoms with Crippen molar-refractivity contribution in [2.24, 2.45) is 0 Å². The Balaban J connectivity index is 4.09. The predicted molar refractivity (Wildman–Crippen MR) is 232 cm³/mol. The van der Waals surface area contributed by atoms with Gasteiger partial charge in [-0.1, -0.05) is 226 Å². The van der Waals surface area contributed by atoms with Gasteiger partial charge in [0.15, 0.2) is 6.10 Å². The number of carbonyl (C=O) groups excluding carboxylic acids is 3. The van der Waals surface area contributed by atoms with E-state index in [9.17, 15) is 19.5 Å². The molecule has 1 amide bonds. The molecule has 7 nitrogen and oxygen atoms in total. The topological polar surface area (TPSA) is 102 Å². The number of aliphatic hydroxyl groups is 1. The van der Waals surface area contributed by atoms with E-state index in [4.69, 9.17) is 9.47 Å². The Morgan fingerprint density at radius 2 is 0.727 bits per heavy atom. The molecule has 0 aromatic heterocycles. The highest BCUT2D eigenvalue weighted by Gasteiger charge is 2.35. The average Bonchev–Trinajstić information content (AvgIpc) is 3.16. The Kier molecular flexibility index (Phi) is 40.7. The summed E-state index contributed by atoms with van der Waals surface area (Å²) in [5, 5.41) is 13.1. The van der Waals surface area contributed by atoms with Crippen LogP contribution in [-0.4, -0.2) is 47.8 Å². The lowest BCUT2D eigenvalue weighted by Crippen LogP contribution is -2.53. The van der Waals surface area contributed by atoms with Crippen LogP contribution in [0, 0.1) is 0 Å². The summed E-state index contributed by atoms with van der Waals surface area (Å²) in [5.41, 5.74) is 0. The molecule has 0 spiro atoms. The lowest BCUT2D eigenvalue weighted by Gasteiger charge is -2.32. The summed E-state index contributed by atoms with van der Waals surface area (Å²) in [5.74, 6) is -1.17. The van der Waals surface area contributed by atoms with Gasteiger partial charge in [0.25, 0.3) is 0 Å². The third-order valence-corrected chi connectivity index (χ3v) is 11.3. The largest absolute Gasteiger partial charge is 0.459 e. The summed E-state index contributed by atoms with van der Waals surface area (Å²) in [6.07, 6.45) is 44.5. The van der Waals surface area contributed by atoms with Crippen molar-refractivity contribution in [2.45, 2.75) is 284 Å². The molecule has 0 radical (unpaired) electrons. The molecule has 55 heavy (non-hydrogen) atoms. The molecule has 0 fully saturated rings. The number of hydrogen-bond donors (Lipinski definition) is 2. The van der Waals surface area contributed by atoms with Crippen molar-refractivity contribution in [1.29, 1.82) is 0 Å². The number of rotatable bonds is 43. The summed E-state index contributed by atoms with van der Waals surface area (Å²) in [6.45, 7) is 6.78. The minimum absolute atomic E-state index is 0.174. The first-order chi connectivity index (χ1) is 26.8. The van der Waals surface area contributed by atoms with Crippen LogP contribution in [0.25, 0.3) is 0 Å². The first kappa shape index (κ1) is 53.4. The van der Waals surface area contributed by atoms with Crippen molar-refractivity contribution >= 4 is 17.8 Å². The Morgan fingerprint density at radius 1 is 0.436 bits per heavy atom. The van der Waals surface area contributed by atoms with Gasteiger partial charge in [-0.15, -0.1) is 0 Å². The Labute approximate surface area is 341 Å². The zero-order valence-electron chi connectivity index (χ0n) is 37.1. The van der Waals surface area contributed by atoms with Crippen LogP contribution < -0.4 is 5.32 Å². The predicted octanol–water partition coefficient (Wildman–Crippen LogP) is 13.8. The number of ether oxygens (including phenoxy) is 2. The van der Waals surface area contributed by atoms with E-state index in [1.54, 1.807) is 0 Å². The first-order valence-electron chi connectivity index (χ1n) is 24.1. The molecule has 3 atom stereocenters. The van der Waals surface area contributed by atoms with Gasteiger partial charge in [0.2, 0.25) is 5.91 Å². The zero-order valence-corrected chi connectivity index (χ0v) is 37.1. The number of carbonyl (C=O) groups is 3. The van der Waals surface area contributed by atoms with E-state index in [0.717, 1.165) is 38.5 Å². The van der Waals surface area contributed by atoms with E-state index in [0.29, 0.717) is 12.8 Å². The van der Waals surface area contributed by atoms with E-state index >= 15 is 0 Å². The lowest BCUT2D eigenvalue weighted by molar-refractivity contribution is -0.170.